The first-order valence-electron chi connectivity index (χ1n) is 8.46. The largest absolute Gasteiger partial charge is 0.462 e. The van der Waals surface area contributed by atoms with Crippen LogP contribution in [0.5, 0.6) is 0 Å². The highest BCUT2D eigenvalue weighted by atomic mass is 35.5. The topological polar surface area (TPSA) is 77.2 Å². The number of benzene rings is 2. The van der Waals surface area contributed by atoms with Gasteiger partial charge in [-0.15, -0.1) is 0 Å². The van der Waals surface area contributed by atoms with Gasteiger partial charge in [-0.05, 0) is 56.3 Å². The van der Waals surface area contributed by atoms with Crippen molar-refractivity contribution in [2.24, 2.45) is 0 Å². The SMILES string of the molecule is CCOC(=O)c1ccc(Nc2nc(C)nc3c2oc2ccc(Cl)cc23)cc1. The molecule has 0 saturated carbocycles. The third-order valence-electron chi connectivity index (χ3n) is 4.04. The lowest BCUT2D eigenvalue weighted by Crippen LogP contribution is -2.04. The molecule has 0 aliphatic rings. The summed E-state index contributed by atoms with van der Waals surface area (Å²) < 4.78 is 10.9. The Bertz CT molecular complexity index is 1150. The summed E-state index contributed by atoms with van der Waals surface area (Å²) in [4.78, 5) is 20.7. The number of furan rings is 1. The van der Waals surface area contributed by atoms with E-state index in [4.69, 9.17) is 20.8 Å². The van der Waals surface area contributed by atoms with Gasteiger partial charge in [0.1, 0.15) is 16.9 Å². The molecule has 136 valence electrons. The Kier molecular flexibility index (Phi) is 4.41. The van der Waals surface area contributed by atoms with Crippen molar-refractivity contribution in [2.45, 2.75) is 13.8 Å². The van der Waals surface area contributed by atoms with Gasteiger partial charge in [0.15, 0.2) is 11.4 Å². The molecule has 1 N–H and O–H groups in total. The molecule has 0 radical (unpaired) electrons. The van der Waals surface area contributed by atoms with E-state index in [0.29, 0.717) is 45.5 Å². The molecule has 7 heteroatoms. The number of hydrogen-bond acceptors (Lipinski definition) is 6. The molecule has 0 amide bonds. The molecule has 0 atom stereocenters. The molecule has 4 rings (SSSR count). The molecule has 0 unspecified atom stereocenters. The van der Waals surface area contributed by atoms with Crippen molar-refractivity contribution in [3.63, 3.8) is 0 Å². The number of esters is 1. The number of aryl methyl sites for hydroxylation is 1. The van der Waals surface area contributed by atoms with E-state index in [-0.39, 0.29) is 5.97 Å². The lowest BCUT2D eigenvalue weighted by molar-refractivity contribution is 0.0526. The molecule has 0 bridgehead atoms. The predicted octanol–water partition coefficient (Wildman–Crippen LogP) is 5.26. The maximum absolute atomic E-state index is 11.8. The molecule has 2 aromatic heterocycles. The molecule has 0 saturated heterocycles. The van der Waals surface area contributed by atoms with Crippen molar-refractivity contribution >= 4 is 51.1 Å². The number of carbonyl (C=O) groups excluding carboxylic acids is 1. The van der Waals surface area contributed by atoms with Crippen LogP contribution in [0.2, 0.25) is 5.02 Å². The van der Waals surface area contributed by atoms with E-state index in [2.05, 4.69) is 15.3 Å². The van der Waals surface area contributed by atoms with Crippen LogP contribution in [-0.2, 0) is 4.74 Å². The minimum absolute atomic E-state index is 0.340. The van der Waals surface area contributed by atoms with Crippen LogP contribution in [0.1, 0.15) is 23.1 Å². The second kappa shape index (κ2) is 6.89. The maximum atomic E-state index is 11.8. The number of fused-ring (bicyclic) bond motifs is 3. The van der Waals surface area contributed by atoms with Crippen LogP contribution in [0.4, 0.5) is 11.5 Å². The molecule has 0 aliphatic carbocycles. The number of nitrogens with zero attached hydrogens (tertiary/aromatic N) is 2. The highest BCUT2D eigenvalue weighted by Gasteiger charge is 2.15. The fourth-order valence-electron chi connectivity index (χ4n) is 2.85. The zero-order valence-electron chi connectivity index (χ0n) is 14.7. The summed E-state index contributed by atoms with van der Waals surface area (Å²) in [5.74, 6) is 0.808. The van der Waals surface area contributed by atoms with Crippen molar-refractivity contribution < 1.29 is 13.9 Å². The summed E-state index contributed by atoms with van der Waals surface area (Å²) in [5.41, 5.74) is 3.19. The lowest BCUT2D eigenvalue weighted by Gasteiger charge is -2.08. The second-order valence-electron chi connectivity index (χ2n) is 5.96. The van der Waals surface area contributed by atoms with Crippen molar-refractivity contribution in [3.8, 4) is 0 Å². The van der Waals surface area contributed by atoms with Gasteiger partial charge in [-0.2, -0.15) is 0 Å². The molecule has 2 aromatic carbocycles. The molecule has 0 fully saturated rings. The maximum Gasteiger partial charge on any atom is 0.338 e. The molecular formula is C20H16ClN3O3. The summed E-state index contributed by atoms with van der Waals surface area (Å²) in [6, 6.07) is 12.4. The van der Waals surface area contributed by atoms with Gasteiger partial charge in [-0.1, -0.05) is 11.6 Å². The van der Waals surface area contributed by atoms with Crippen LogP contribution in [0.3, 0.4) is 0 Å². The third kappa shape index (κ3) is 3.31. The zero-order valence-corrected chi connectivity index (χ0v) is 15.5. The van der Waals surface area contributed by atoms with Crippen LogP contribution >= 0.6 is 11.6 Å². The Labute approximate surface area is 160 Å². The van der Waals surface area contributed by atoms with Crippen molar-refractivity contribution in [1.29, 1.82) is 0 Å². The van der Waals surface area contributed by atoms with Gasteiger partial charge in [0.05, 0.1) is 12.2 Å². The molecular weight excluding hydrogens is 366 g/mol. The predicted molar refractivity (Wildman–Crippen MR) is 105 cm³/mol. The summed E-state index contributed by atoms with van der Waals surface area (Å²) in [7, 11) is 0. The standard InChI is InChI=1S/C20H16ClN3O3/c1-3-26-20(25)12-4-7-14(8-5-12)24-19-18-17(22-11(2)23-19)15-10-13(21)6-9-16(15)27-18/h4-10H,3H2,1-2H3,(H,22,23,24). The molecule has 27 heavy (non-hydrogen) atoms. The van der Waals surface area contributed by atoms with Crippen LogP contribution in [-0.4, -0.2) is 22.5 Å². The van der Waals surface area contributed by atoms with E-state index in [1.165, 1.54) is 0 Å². The number of aromatic nitrogens is 2. The van der Waals surface area contributed by atoms with Crippen LogP contribution in [0.15, 0.2) is 46.9 Å². The van der Waals surface area contributed by atoms with Gasteiger partial charge >= 0.3 is 5.97 Å². The van der Waals surface area contributed by atoms with E-state index in [9.17, 15) is 4.79 Å². The average molecular weight is 382 g/mol. The number of nitrogens with one attached hydrogen (secondary N) is 1. The van der Waals surface area contributed by atoms with Crippen LogP contribution in [0, 0.1) is 6.92 Å². The summed E-state index contributed by atoms with van der Waals surface area (Å²) in [5, 5.41) is 4.68. The second-order valence-corrected chi connectivity index (χ2v) is 6.40. The van der Waals surface area contributed by atoms with Gasteiger partial charge in [-0.3, -0.25) is 0 Å². The first-order valence-corrected chi connectivity index (χ1v) is 8.83. The van der Waals surface area contributed by atoms with Crippen molar-refractivity contribution in [3.05, 3.63) is 58.9 Å². The lowest BCUT2D eigenvalue weighted by atomic mass is 10.2. The molecule has 6 nitrogen and oxygen atoms in total. The number of rotatable bonds is 4. The van der Waals surface area contributed by atoms with Gasteiger partial charge in [0.25, 0.3) is 0 Å². The highest BCUT2D eigenvalue weighted by Crippen LogP contribution is 2.33. The Hall–Kier alpha value is -3.12. The van der Waals surface area contributed by atoms with E-state index < -0.39 is 0 Å². The molecule has 4 aromatic rings. The zero-order chi connectivity index (χ0) is 19.0. The van der Waals surface area contributed by atoms with Gasteiger partial charge < -0.3 is 14.5 Å². The van der Waals surface area contributed by atoms with Gasteiger partial charge in [-0.25, -0.2) is 14.8 Å². The minimum atomic E-state index is -0.349. The summed E-state index contributed by atoms with van der Waals surface area (Å²) in [6.07, 6.45) is 0. The number of carbonyl (C=O) groups is 1. The van der Waals surface area contributed by atoms with Crippen LogP contribution < -0.4 is 5.32 Å². The fourth-order valence-corrected chi connectivity index (χ4v) is 3.03. The number of ether oxygens (including phenoxy) is 1. The number of hydrogen-bond donors (Lipinski definition) is 1. The molecule has 2 heterocycles. The monoisotopic (exact) mass is 381 g/mol. The number of halogens is 1. The Morgan fingerprint density at radius 1 is 1.19 bits per heavy atom. The normalized spacial score (nSPS) is 11.1. The Morgan fingerprint density at radius 2 is 1.96 bits per heavy atom. The first-order chi connectivity index (χ1) is 13.0. The van der Waals surface area contributed by atoms with Gasteiger partial charge in [0, 0.05) is 16.1 Å². The Morgan fingerprint density at radius 3 is 2.70 bits per heavy atom. The average Bonchev–Trinajstić information content (AvgIpc) is 3.00. The highest BCUT2D eigenvalue weighted by molar-refractivity contribution is 6.31. The summed E-state index contributed by atoms with van der Waals surface area (Å²) in [6.45, 7) is 3.93. The van der Waals surface area contributed by atoms with E-state index in [0.717, 1.165) is 11.1 Å². The van der Waals surface area contributed by atoms with Gasteiger partial charge in [0.2, 0.25) is 0 Å². The Balaban J connectivity index is 1.73. The first kappa shape index (κ1) is 17.3. The van der Waals surface area contributed by atoms with Crippen molar-refractivity contribution in [1.82, 2.24) is 9.97 Å². The van der Waals surface area contributed by atoms with E-state index >= 15 is 0 Å². The molecule has 0 spiro atoms. The molecule has 0 aliphatic heterocycles. The van der Waals surface area contributed by atoms with Crippen LogP contribution in [0.25, 0.3) is 22.1 Å². The van der Waals surface area contributed by atoms with Crippen molar-refractivity contribution in [2.75, 3.05) is 11.9 Å². The minimum Gasteiger partial charge on any atom is -0.462 e. The van der Waals surface area contributed by atoms with E-state index in [1.807, 2.05) is 19.1 Å². The smallest absolute Gasteiger partial charge is 0.338 e. The quantitative estimate of drug-likeness (QED) is 0.486. The van der Waals surface area contributed by atoms with E-state index in [1.54, 1.807) is 37.3 Å². The number of anilines is 2. The summed E-state index contributed by atoms with van der Waals surface area (Å²) >= 11 is 6.11. The third-order valence-corrected chi connectivity index (χ3v) is 4.28. The fraction of sp³-hybridized carbons (Fsp3) is 0.150.